The minimum Gasteiger partial charge on any atom is -0.369 e. The third-order valence-electron chi connectivity index (χ3n) is 3.15. The monoisotopic (exact) mass is 219 g/mol. The summed E-state index contributed by atoms with van der Waals surface area (Å²) in [6.45, 7) is 7.69. The van der Waals surface area contributed by atoms with Crippen LogP contribution in [-0.4, -0.2) is 44.8 Å². The van der Waals surface area contributed by atoms with Gasteiger partial charge in [-0.25, -0.2) is 0 Å². The fourth-order valence-electron chi connectivity index (χ4n) is 2.14. The molecular formula is C13H21N3. The van der Waals surface area contributed by atoms with E-state index in [-0.39, 0.29) is 0 Å². The Labute approximate surface area is 98.0 Å². The minimum atomic E-state index is 1.00. The van der Waals surface area contributed by atoms with E-state index >= 15 is 0 Å². The molecule has 0 amide bonds. The molecule has 0 atom stereocenters. The van der Waals surface area contributed by atoms with E-state index in [0.29, 0.717) is 0 Å². The predicted molar refractivity (Wildman–Crippen MR) is 68.9 cm³/mol. The highest BCUT2D eigenvalue weighted by atomic mass is 15.3. The lowest BCUT2D eigenvalue weighted by atomic mass is 10.2. The molecule has 2 rings (SSSR count). The Balaban J connectivity index is 1.91. The van der Waals surface area contributed by atoms with Crippen LogP contribution in [0.4, 0.5) is 5.69 Å². The molecule has 3 heteroatoms. The maximum atomic E-state index is 3.21. The number of anilines is 1. The van der Waals surface area contributed by atoms with Crippen LogP contribution in [-0.2, 0) is 0 Å². The van der Waals surface area contributed by atoms with Gasteiger partial charge in [-0.1, -0.05) is 17.7 Å². The van der Waals surface area contributed by atoms with Crippen LogP contribution in [0.3, 0.4) is 0 Å². The zero-order valence-electron chi connectivity index (χ0n) is 10.2. The Morgan fingerprint density at radius 2 is 1.69 bits per heavy atom. The smallest absolute Gasteiger partial charge is 0.0479 e. The van der Waals surface area contributed by atoms with Crippen molar-refractivity contribution >= 4 is 5.69 Å². The van der Waals surface area contributed by atoms with E-state index in [1.54, 1.807) is 0 Å². The first kappa shape index (κ1) is 11.4. The van der Waals surface area contributed by atoms with Crippen molar-refractivity contribution in [2.45, 2.75) is 6.92 Å². The van der Waals surface area contributed by atoms with Gasteiger partial charge in [-0.2, -0.15) is 0 Å². The van der Waals surface area contributed by atoms with Gasteiger partial charge in [-0.05, 0) is 26.1 Å². The maximum Gasteiger partial charge on any atom is 0.0479 e. The molecule has 0 radical (unpaired) electrons. The summed E-state index contributed by atoms with van der Waals surface area (Å²) in [7, 11) is 2.01. The molecule has 16 heavy (non-hydrogen) atoms. The predicted octanol–water partition coefficient (Wildman–Crippen LogP) is 1.29. The molecule has 0 bridgehead atoms. The van der Waals surface area contributed by atoms with Crippen LogP contribution >= 0.6 is 0 Å². The van der Waals surface area contributed by atoms with E-state index in [0.717, 1.165) is 32.8 Å². The molecule has 1 heterocycles. The van der Waals surface area contributed by atoms with Gasteiger partial charge in [0.15, 0.2) is 0 Å². The lowest BCUT2D eigenvalue weighted by Crippen LogP contribution is -2.48. The molecule has 1 N–H and O–H groups in total. The van der Waals surface area contributed by atoms with Crippen molar-refractivity contribution in [3.05, 3.63) is 29.8 Å². The summed E-state index contributed by atoms with van der Waals surface area (Å²) in [5.74, 6) is 0. The Morgan fingerprint density at radius 3 is 2.25 bits per heavy atom. The van der Waals surface area contributed by atoms with Gasteiger partial charge >= 0.3 is 0 Å². The van der Waals surface area contributed by atoms with E-state index in [1.165, 1.54) is 11.3 Å². The van der Waals surface area contributed by atoms with Crippen molar-refractivity contribution in [3.63, 3.8) is 0 Å². The third-order valence-corrected chi connectivity index (χ3v) is 3.15. The second-order valence-electron chi connectivity index (χ2n) is 4.45. The first-order valence-corrected chi connectivity index (χ1v) is 5.98. The molecule has 0 aromatic heterocycles. The molecule has 1 saturated heterocycles. The average molecular weight is 219 g/mol. The van der Waals surface area contributed by atoms with Crippen molar-refractivity contribution in [2.24, 2.45) is 0 Å². The summed E-state index contributed by atoms with van der Waals surface area (Å²) in [5, 5.41) is 3.21. The van der Waals surface area contributed by atoms with Gasteiger partial charge in [0.05, 0.1) is 0 Å². The van der Waals surface area contributed by atoms with Gasteiger partial charge < -0.3 is 10.2 Å². The number of benzene rings is 1. The fraction of sp³-hybridized carbons (Fsp3) is 0.538. The zero-order valence-corrected chi connectivity index (χ0v) is 10.2. The number of nitrogens with zero attached hydrogens (tertiary/aromatic N) is 2. The number of hydrogen-bond acceptors (Lipinski definition) is 3. The zero-order chi connectivity index (χ0) is 11.4. The number of rotatable bonds is 3. The SMILES string of the molecule is CNCN1CCN(c2ccc(C)cc2)CC1. The van der Waals surface area contributed by atoms with E-state index < -0.39 is 0 Å². The number of aryl methyl sites for hydroxylation is 1. The Kier molecular flexibility index (Phi) is 3.80. The second-order valence-corrected chi connectivity index (χ2v) is 4.45. The van der Waals surface area contributed by atoms with Crippen LogP contribution in [0.25, 0.3) is 0 Å². The number of nitrogens with one attached hydrogen (secondary N) is 1. The molecule has 1 aliphatic rings. The van der Waals surface area contributed by atoms with E-state index in [2.05, 4.69) is 46.3 Å². The van der Waals surface area contributed by atoms with E-state index in [1.807, 2.05) is 7.05 Å². The average Bonchev–Trinajstić information content (AvgIpc) is 2.32. The van der Waals surface area contributed by atoms with Gasteiger partial charge in [-0.15, -0.1) is 0 Å². The van der Waals surface area contributed by atoms with Gasteiger partial charge in [0.1, 0.15) is 0 Å². The molecule has 1 aromatic rings. The van der Waals surface area contributed by atoms with Crippen molar-refractivity contribution < 1.29 is 0 Å². The molecule has 3 nitrogen and oxygen atoms in total. The summed E-state index contributed by atoms with van der Waals surface area (Å²) >= 11 is 0. The van der Waals surface area contributed by atoms with E-state index in [4.69, 9.17) is 0 Å². The molecule has 1 aromatic carbocycles. The Morgan fingerprint density at radius 1 is 1.06 bits per heavy atom. The lowest BCUT2D eigenvalue weighted by Gasteiger charge is -2.35. The first-order valence-electron chi connectivity index (χ1n) is 5.98. The van der Waals surface area contributed by atoms with Gasteiger partial charge in [0, 0.05) is 38.5 Å². The molecular weight excluding hydrogens is 198 g/mol. The molecule has 88 valence electrons. The normalized spacial score (nSPS) is 17.8. The van der Waals surface area contributed by atoms with E-state index in [9.17, 15) is 0 Å². The van der Waals surface area contributed by atoms with Gasteiger partial charge in [0.25, 0.3) is 0 Å². The van der Waals surface area contributed by atoms with Gasteiger partial charge in [0.2, 0.25) is 0 Å². The summed E-state index contributed by atoms with van der Waals surface area (Å²) in [4.78, 5) is 4.91. The molecule has 1 aliphatic heterocycles. The van der Waals surface area contributed by atoms with Crippen LogP contribution in [0.5, 0.6) is 0 Å². The van der Waals surface area contributed by atoms with Crippen molar-refractivity contribution in [1.29, 1.82) is 0 Å². The molecule has 0 aliphatic carbocycles. The van der Waals surface area contributed by atoms with Crippen molar-refractivity contribution in [1.82, 2.24) is 10.2 Å². The summed E-state index contributed by atoms with van der Waals surface area (Å²) in [6, 6.07) is 8.83. The topological polar surface area (TPSA) is 18.5 Å². The maximum absolute atomic E-state index is 3.21. The lowest BCUT2D eigenvalue weighted by molar-refractivity contribution is 0.246. The first-order chi connectivity index (χ1) is 7.79. The van der Waals surface area contributed by atoms with Crippen LogP contribution in [0, 0.1) is 6.92 Å². The summed E-state index contributed by atoms with van der Waals surface area (Å²) in [6.07, 6.45) is 0. The van der Waals surface area contributed by atoms with Crippen LogP contribution in [0.15, 0.2) is 24.3 Å². The molecule has 0 spiro atoms. The van der Waals surface area contributed by atoms with Crippen molar-refractivity contribution in [2.75, 3.05) is 44.8 Å². The number of piperazine rings is 1. The van der Waals surface area contributed by atoms with Crippen LogP contribution in [0.2, 0.25) is 0 Å². The second kappa shape index (κ2) is 5.32. The largest absolute Gasteiger partial charge is 0.369 e. The molecule has 1 fully saturated rings. The molecule has 0 saturated carbocycles. The Bertz CT molecular complexity index is 312. The quantitative estimate of drug-likeness (QED) is 0.826. The highest BCUT2D eigenvalue weighted by Gasteiger charge is 2.15. The summed E-state index contributed by atoms with van der Waals surface area (Å²) in [5.41, 5.74) is 2.69. The van der Waals surface area contributed by atoms with Crippen molar-refractivity contribution in [3.8, 4) is 0 Å². The minimum absolute atomic E-state index is 1.00. The fourth-order valence-corrected chi connectivity index (χ4v) is 2.14. The summed E-state index contributed by atoms with van der Waals surface area (Å²) < 4.78 is 0. The Hall–Kier alpha value is -1.06. The van der Waals surface area contributed by atoms with Crippen LogP contribution in [0.1, 0.15) is 5.56 Å². The highest BCUT2D eigenvalue weighted by molar-refractivity contribution is 5.47. The number of hydrogen-bond donors (Lipinski definition) is 1. The highest BCUT2D eigenvalue weighted by Crippen LogP contribution is 2.16. The molecule has 0 unspecified atom stereocenters. The standard InChI is InChI=1S/C13H21N3/c1-12-3-5-13(6-4-12)16-9-7-15(8-10-16)11-14-2/h3-6,14H,7-11H2,1-2H3. The third kappa shape index (κ3) is 2.74. The van der Waals surface area contributed by atoms with Crippen LogP contribution < -0.4 is 10.2 Å². The van der Waals surface area contributed by atoms with Gasteiger partial charge in [-0.3, -0.25) is 4.90 Å².